The second-order valence-electron chi connectivity index (χ2n) is 12.7. The van der Waals surface area contributed by atoms with Crippen molar-refractivity contribution in [2.24, 2.45) is 46.3 Å². The summed E-state index contributed by atoms with van der Waals surface area (Å²) in [4.78, 5) is 25.5. The quantitative estimate of drug-likeness (QED) is 0.385. The van der Waals surface area contributed by atoms with Crippen LogP contribution in [0.2, 0.25) is 0 Å². The van der Waals surface area contributed by atoms with Gasteiger partial charge in [-0.05, 0) is 113 Å². The highest BCUT2D eigenvalue weighted by molar-refractivity contribution is 5.91. The zero-order chi connectivity index (χ0) is 22.1. The molecule has 0 aromatic rings. The van der Waals surface area contributed by atoms with Gasteiger partial charge in [-0.25, -0.2) is 9.59 Å². The van der Waals surface area contributed by atoms with Gasteiger partial charge in [-0.3, -0.25) is 0 Å². The van der Waals surface area contributed by atoms with Gasteiger partial charge in [0.2, 0.25) is 0 Å². The molecule has 0 spiro atoms. The molecule has 8 fully saturated rings. The molecule has 0 amide bonds. The van der Waals surface area contributed by atoms with Crippen LogP contribution in [0.5, 0.6) is 0 Å². The molecule has 0 aliphatic heterocycles. The van der Waals surface area contributed by atoms with E-state index in [4.69, 9.17) is 9.47 Å². The molecule has 176 valence electrons. The number of esters is 2. The fourth-order valence-corrected chi connectivity index (χ4v) is 10.2. The largest absolute Gasteiger partial charge is 0.458 e. The molecule has 8 aliphatic rings. The van der Waals surface area contributed by atoms with Crippen LogP contribution in [-0.4, -0.2) is 24.1 Å². The van der Waals surface area contributed by atoms with Gasteiger partial charge in [-0.2, -0.15) is 0 Å². The molecular formula is C28H40O4. The molecule has 0 radical (unpaired) electrons. The standard InChI is InChI=1S/C28H40O4/c1-3-27-13-17-7-18(14-27)10-21(9-17)25(27)31-23(29)5-6-24(30)32-26-22-11-19-8-20(12-22)16-28(26,4-2)15-19/h5-6,17-22,25-26H,3-4,7-16H2,1-2H3/b6-5+. The second kappa shape index (κ2) is 7.60. The average Bonchev–Trinajstić information content (AvgIpc) is 2.76. The van der Waals surface area contributed by atoms with Crippen LogP contribution < -0.4 is 0 Å². The van der Waals surface area contributed by atoms with Crippen molar-refractivity contribution in [3.63, 3.8) is 0 Å². The Morgan fingerprint density at radius 1 is 0.656 bits per heavy atom. The number of rotatable bonds is 6. The van der Waals surface area contributed by atoms with Crippen LogP contribution in [0, 0.1) is 46.3 Å². The Morgan fingerprint density at radius 3 is 1.31 bits per heavy atom. The molecule has 4 heteroatoms. The molecule has 6 atom stereocenters. The molecule has 0 aromatic heterocycles. The maximum absolute atomic E-state index is 12.7. The normalized spacial score (nSPS) is 50.2. The molecule has 0 heterocycles. The molecule has 0 N–H and O–H groups in total. The molecule has 8 bridgehead atoms. The van der Waals surface area contributed by atoms with E-state index in [1.807, 2.05) is 0 Å². The Balaban J connectivity index is 1.09. The van der Waals surface area contributed by atoms with Gasteiger partial charge in [0.05, 0.1) is 0 Å². The van der Waals surface area contributed by atoms with Gasteiger partial charge in [0.1, 0.15) is 12.2 Å². The fourth-order valence-electron chi connectivity index (χ4n) is 10.2. The SMILES string of the molecule is CCC12CC3CC(CC(C3)C1OC(=O)/C=C/C(=O)OC1C3CC4CC(C3)CC1(CC)C4)C2. The zero-order valence-corrected chi connectivity index (χ0v) is 19.9. The third-order valence-corrected chi connectivity index (χ3v) is 11.0. The lowest BCUT2D eigenvalue weighted by molar-refractivity contribution is -0.192. The highest BCUT2D eigenvalue weighted by Crippen LogP contribution is 2.63. The first kappa shape index (κ1) is 21.2. The minimum absolute atomic E-state index is 0.0289. The predicted molar refractivity (Wildman–Crippen MR) is 121 cm³/mol. The summed E-state index contributed by atoms with van der Waals surface area (Å²) in [6.45, 7) is 4.52. The molecule has 6 unspecified atom stereocenters. The van der Waals surface area contributed by atoms with Gasteiger partial charge in [-0.1, -0.05) is 13.8 Å². The van der Waals surface area contributed by atoms with Crippen molar-refractivity contribution in [3.8, 4) is 0 Å². The van der Waals surface area contributed by atoms with E-state index in [1.54, 1.807) is 0 Å². The van der Waals surface area contributed by atoms with Crippen molar-refractivity contribution in [1.29, 1.82) is 0 Å². The summed E-state index contributed by atoms with van der Waals surface area (Å²) in [5.41, 5.74) is 0.347. The van der Waals surface area contributed by atoms with Gasteiger partial charge < -0.3 is 9.47 Å². The highest BCUT2D eigenvalue weighted by atomic mass is 16.6. The average molecular weight is 441 g/mol. The van der Waals surface area contributed by atoms with Crippen molar-refractivity contribution >= 4 is 11.9 Å². The van der Waals surface area contributed by atoms with E-state index in [1.165, 1.54) is 76.4 Å². The lowest BCUT2D eigenvalue weighted by atomic mass is 9.47. The van der Waals surface area contributed by atoms with Gasteiger partial charge >= 0.3 is 11.9 Å². The van der Waals surface area contributed by atoms with E-state index < -0.39 is 0 Å². The summed E-state index contributed by atoms with van der Waals surface area (Å²) < 4.78 is 12.1. The van der Waals surface area contributed by atoms with Crippen molar-refractivity contribution in [1.82, 2.24) is 0 Å². The minimum Gasteiger partial charge on any atom is -0.458 e. The van der Waals surface area contributed by atoms with Crippen LogP contribution in [0.15, 0.2) is 12.2 Å². The third-order valence-electron chi connectivity index (χ3n) is 11.0. The summed E-state index contributed by atoms with van der Waals surface area (Å²) >= 11 is 0. The lowest BCUT2D eigenvalue weighted by Gasteiger charge is -2.60. The van der Waals surface area contributed by atoms with Gasteiger partial charge in [0, 0.05) is 23.0 Å². The smallest absolute Gasteiger partial charge is 0.331 e. The third kappa shape index (κ3) is 3.29. The van der Waals surface area contributed by atoms with Crippen LogP contribution in [0.3, 0.4) is 0 Å². The van der Waals surface area contributed by atoms with Crippen molar-refractivity contribution in [2.45, 2.75) is 103 Å². The van der Waals surface area contributed by atoms with Crippen LogP contribution in [-0.2, 0) is 19.1 Å². The van der Waals surface area contributed by atoms with E-state index >= 15 is 0 Å². The van der Waals surface area contributed by atoms with E-state index in [0.29, 0.717) is 11.8 Å². The molecule has 4 nitrogen and oxygen atoms in total. The first-order valence-electron chi connectivity index (χ1n) is 13.5. The lowest BCUT2D eigenvalue weighted by Crippen LogP contribution is -2.57. The number of carbonyl (C=O) groups is 2. The van der Waals surface area contributed by atoms with Crippen molar-refractivity contribution in [2.75, 3.05) is 0 Å². The Bertz CT molecular complexity index is 720. The molecule has 32 heavy (non-hydrogen) atoms. The first-order chi connectivity index (χ1) is 15.4. The summed E-state index contributed by atoms with van der Waals surface area (Å²) in [6.07, 6.45) is 17.4. The summed E-state index contributed by atoms with van der Waals surface area (Å²) in [5, 5.41) is 0. The Labute approximate surface area is 192 Å². The minimum atomic E-state index is -0.359. The zero-order valence-electron chi connectivity index (χ0n) is 19.9. The van der Waals surface area contributed by atoms with E-state index in [-0.39, 0.29) is 35.0 Å². The van der Waals surface area contributed by atoms with Crippen LogP contribution in [0.1, 0.15) is 90.9 Å². The molecule has 8 saturated carbocycles. The second-order valence-corrected chi connectivity index (χ2v) is 12.7. The van der Waals surface area contributed by atoms with Crippen LogP contribution in [0.4, 0.5) is 0 Å². The van der Waals surface area contributed by atoms with Crippen molar-refractivity contribution < 1.29 is 19.1 Å². The Kier molecular flexibility index (Phi) is 5.04. The van der Waals surface area contributed by atoms with Gasteiger partial charge in [0.25, 0.3) is 0 Å². The maximum Gasteiger partial charge on any atom is 0.331 e. The highest BCUT2D eigenvalue weighted by Gasteiger charge is 2.59. The van der Waals surface area contributed by atoms with Gasteiger partial charge in [0.15, 0.2) is 0 Å². The molecule has 0 aromatic carbocycles. The number of hydrogen-bond acceptors (Lipinski definition) is 4. The van der Waals surface area contributed by atoms with Gasteiger partial charge in [-0.15, -0.1) is 0 Å². The monoisotopic (exact) mass is 440 g/mol. The van der Waals surface area contributed by atoms with E-state index in [2.05, 4.69) is 13.8 Å². The summed E-state index contributed by atoms with van der Waals surface area (Å²) in [7, 11) is 0. The summed E-state index contributed by atoms with van der Waals surface area (Å²) in [5.74, 6) is 3.65. The number of ether oxygens (including phenoxy) is 2. The number of hydrogen-bond donors (Lipinski definition) is 0. The topological polar surface area (TPSA) is 52.6 Å². The summed E-state index contributed by atoms with van der Waals surface area (Å²) in [6, 6.07) is 0. The number of carbonyl (C=O) groups excluding carboxylic acids is 2. The molecule has 0 saturated heterocycles. The Hall–Kier alpha value is -1.32. The molecule has 8 aliphatic carbocycles. The predicted octanol–water partition coefficient (Wildman–Crippen LogP) is 5.84. The van der Waals surface area contributed by atoms with E-state index in [9.17, 15) is 9.59 Å². The Morgan fingerprint density at radius 2 is 1.00 bits per heavy atom. The molecule has 8 rings (SSSR count). The van der Waals surface area contributed by atoms with E-state index in [0.717, 1.165) is 36.5 Å². The molecular weight excluding hydrogens is 400 g/mol. The first-order valence-corrected chi connectivity index (χ1v) is 13.5. The van der Waals surface area contributed by atoms with Crippen LogP contribution >= 0.6 is 0 Å². The fraction of sp³-hybridized carbons (Fsp3) is 0.857. The maximum atomic E-state index is 12.7. The van der Waals surface area contributed by atoms with Crippen LogP contribution in [0.25, 0.3) is 0 Å². The van der Waals surface area contributed by atoms with Crippen molar-refractivity contribution in [3.05, 3.63) is 12.2 Å².